The molecule has 0 aromatic heterocycles. The highest BCUT2D eigenvalue weighted by atomic mass is 28.4. The van der Waals surface area contributed by atoms with Crippen molar-refractivity contribution in [3.05, 3.63) is 36.0 Å². The summed E-state index contributed by atoms with van der Waals surface area (Å²) in [5, 5.41) is 10.1. The van der Waals surface area contributed by atoms with Crippen LogP contribution in [-0.2, 0) is 18.7 Å². The molecule has 5 rings (SSSR count). The number of nitrogens with zero attached hydrogens (tertiary/aromatic N) is 1. The van der Waals surface area contributed by atoms with E-state index < -0.39 is 19.7 Å². The SMILES string of the molecule is C=C1[C@@H]2[C@@H]3C=CC(C(=O)OCC)=C[C@@H]4[C@H]1C[C@@]2(C#N)OC43O[Si](CC)(CC)CC. The summed E-state index contributed by atoms with van der Waals surface area (Å²) in [6.45, 7) is 13.1. The molecule has 6 heteroatoms. The Labute approximate surface area is 174 Å². The van der Waals surface area contributed by atoms with E-state index in [2.05, 4.69) is 33.4 Å². The lowest BCUT2D eigenvalue weighted by molar-refractivity contribution is -0.261. The van der Waals surface area contributed by atoms with Gasteiger partial charge in [0.05, 0.1) is 18.2 Å². The number of esters is 1. The second kappa shape index (κ2) is 6.94. The Morgan fingerprint density at radius 1 is 1.31 bits per heavy atom. The number of hydrogen-bond acceptors (Lipinski definition) is 5. The van der Waals surface area contributed by atoms with E-state index in [1.807, 2.05) is 25.2 Å². The molecule has 2 saturated carbocycles. The molecule has 0 radical (unpaired) electrons. The first kappa shape index (κ1) is 20.6. The standard InChI is InChI=1S/C23H31NO4Si/c1-6-26-21(25)16-10-11-18-20-15(5)17-13-22(20,14-24)27-23(18,19(17)12-16)28-29(7-2,8-3)9-4/h10-12,17-20H,5-9,13H2,1-4H3/t17-,18-,19+,20+,22-,23?/m0/s1. The average Bonchev–Trinajstić information content (AvgIpc) is 3.04. The summed E-state index contributed by atoms with van der Waals surface area (Å²) in [4.78, 5) is 12.5. The lowest BCUT2D eigenvalue weighted by Crippen LogP contribution is -2.59. The fraction of sp³-hybridized carbons (Fsp3) is 0.652. The number of carbonyl (C=O) groups excluding carboxylic acids is 1. The minimum absolute atomic E-state index is 0.0859. The molecule has 0 N–H and O–H groups in total. The molecule has 6 bridgehead atoms. The molecule has 0 amide bonds. The van der Waals surface area contributed by atoms with Crippen molar-refractivity contribution in [2.45, 2.75) is 63.6 Å². The average molecular weight is 414 g/mol. The van der Waals surface area contributed by atoms with Crippen molar-refractivity contribution in [1.82, 2.24) is 0 Å². The first-order valence-corrected chi connectivity index (χ1v) is 13.5. The molecule has 29 heavy (non-hydrogen) atoms. The lowest BCUT2D eigenvalue weighted by atomic mass is 9.67. The van der Waals surface area contributed by atoms with Crippen LogP contribution >= 0.6 is 0 Å². The molecule has 0 spiro atoms. The summed E-state index contributed by atoms with van der Waals surface area (Å²) in [6, 6.07) is 5.48. The van der Waals surface area contributed by atoms with Crippen LogP contribution in [0.15, 0.2) is 36.0 Å². The fourth-order valence-electron chi connectivity index (χ4n) is 6.14. The molecule has 4 fully saturated rings. The van der Waals surface area contributed by atoms with Crippen molar-refractivity contribution in [3.63, 3.8) is 0 Å². The Morgan fingerprint density at radius 3 is 2.59 bits per heavy atom. The van der Waals surface area contributed by atoms with Crippen molar-refractivity contribution in [2.75, 3.05) is 6.61 Å². The van der Waals surface area contributed by atoms with Crippen molar-refractivity contribution in [1.29, 1.82) is 5.26 Å². The smallest absolute Gasteiger partial charge is 0.337 e. The summed E-state index contributed by atoms with van der Waals surface area (Å²) in [5.74, 6) is -1.44. The van der Waals surface area contributed by atoms with Gasteiger partial charge < -0.3 is 13.9 Å². The largest absolute Gasteiger partial charge is 0.462 e. The highest BCUT2D eigenvalue weighted by molar-refractivity contribution is 6.73. The molecular weight excluding hydrogens is 382 g/mol. The summed E-state index contributed by atoms with van der Waals surface area (Å²) in [6.07, 6.45) is 6.48. The Morgan fingerprint density at radius 2 is 2.00 bits per heavy atom. The van der Waals surface area contributed by atoms with Gasteiger partial charge >= 0.3 is 5.97 Å². The van der Waals surface area contributed by atoms with Gasteiger partial charge in [0.25, 0.3) is 0 Å². The molecule has 0 aromatic rings. The third-order valence-electron chi connectivity index (χ3n) is 7.82. The zero-order valence-corrected chi connectivity index (χ0v) is 18.9. The van der Waals surface area contributed by atoms with Gasteiger partial charge in [0.15, 0.2) is 19.7 Å². The van der Waals surface area contributed by atoms with E-state index in [9.17, 15) is 10.1 Å². The molecule has 0 aromatic carbocycles. The molecule has 3 aliphatic carbocycles. The number of hydrogen-bond donors (Lipinski definition) is 0. The van der Waals surface area contributed by atoms with Crippen molar-refractivity contribution >= 4 is 14.3 Å². The van der Waals surface area contributed by atoms with Gasteiger partial charge in [-0.15, -0.1) is 0 Å². The van der Waals surface area contributed by atoms with Crippen molar-refractivity contribution in [2.24, 2.45) is 23.7 Å². The molecule has 5 nitrogen and oxygen atoms in total. The van der Waals surface area contributed by atoms with Gasteiger partial charge in [-0.05, 0) is 37.4 Å². The van der Waals surface area contributed by atoms with Crippen LogP contribution in [0.3, 0.4) is 0 Å². The third kappa shape index (κ3) is 2.60. The maximum absolute atomic E-state index is 12.5. The third-order valence-corrected chi connectivity index (χ3v) is 12.4. The molecule has 2 aliphatic heterocycles. The van der Waals surface area contributed by atoms with Gasteiger partial charge in [-0.25, -0.2) is 4.79 Å². The molecule has 2 saturated heterocycles. The Bertz CT molecular complexity index is 830. The maximum Gasteiger partial charge on any atom is 0.337 e. The summed E-state index contributed by atoms with van der Waals surface area (Å²) < 4.78 is 19.0. The predicted octanol–water partition coefficient (Wildman–Crippen LogP) is 4.49. The van der Waals surface area contributed by atoms with Crippen molar-refractivity contribution in [3.8, 4) is 6.07 Å². The second-order valence-corrected chi connectivity index (χ2v) is 13.5. The van der Waals surface area contributed by atoms with Crippen LogP contribution in [0.25, 0.3) is 0 Å². The number of rotatable bonds is 7. The van der Waals surface area contributed by atoms with Crippen LogP contribution in [0.5, 0.6) is 0 Å². The van der Waals surface area contributed by atoms with E-state index in [0.29, 0.717) is 18.6 Å². The Kier molecular flexibility index (Phi) is 4.92. The zero-order chi connectivity index (χ0) is 21.0. The second-order valence-electron chi connectivity index (χ2n) is 8.79. The van der Waals surface area contributed by atoms with Crippen LogP contribution < -0.4 is 0 Å². The quantitative estimate of drug-likeness (QED) is 0.349. The highest BCUT2D eigenvalue weighted by Crippen LogP contribution is 2.71. The number of ether oxygens (including phenoxy) is 2. The van der Waals surface area contributed by atoms with E-state index in [1.165, 1.54) is 0 Å². The monoisotopic (exact) mass is 413 g/mol. The topological polar surface area (TPSA) is 68.6 Å². The lowest BCUT2D eigenvalue weighted by Gasteiger charge is -2.52. The molecule has 156 valence electrons. The maximum atomic E-state index is 12.5. The number of carbonyl (C=O) groups is 1. The van der Waals surface area contributed by atoms with Gasteiger partial charge in [0.1, 0.15) is 0 Å². The predicted molar refractivity (Wildman–Crippen MR) is 112 cm³/mol. The minimum Gasteiger partial charge on any atom is -0.462 e. The molecule has 2 heterocycles. The van der Waals surface area contributed by atoms with E-state index in [1.54, 1.807) is 0 Å². The summed E-state index contributed by atoms with van der Waals surface area (Å²) >= 11 is 0. The Balaban J connectivity index is 1.86. The normalized spacial score (nSPS) is 39.3. The first-order chi connectivity index (χ1) is 13.9. The fourth-order valence-corrected chi connectivity index (χ4v) is 9.06. The molecule has 5 aliphatic rings. The van der Waals surface area contributed by atoms with Gasteiger partial charge in [-0.3, -0.25) is 0 Å². The summed E-state index contributed by atoms with van der Waals surface area (Å²) in [7, 11) is -2.04. The van der Waals surface area contributed by atoms with Gasteiger partial charge in [-0.2, -0.15) is 5.26 Å². The van der Waals surface area contributed by atoms with Gasteiger partial charge in [0, 0.05) is 17.8 Å². The number of nitriles is 1. The van der Waals surface area contributed by atoms with Crippen LogP contribution in [0.2, 0.25) is 18.1 Å². The van der Waals surface area contributed by atoms with E-state index in [-0.39, 0.29) is 29.6 Å². The van der Waals surface area contributed by atoms with Gasteiger partial charge in [-0.1, -0.05) is 51.2 Å². The highest BCUT2D eigenvalue weighted by Gasteiger charge is 2.77. The van der Waals surface area contributed by atoms with Crippen molar-refractivity contribution < 1.29 is 18.7 Å². The van der Waals surface area contributed by atoms with E-state index >= 15 is 0 Å². The Hall–Kier alpha value is -1.68. The summed E-state index contributed by atoms with van der Waals surface area (Å²) in [5.41, 5.74) is 0.760. The van der Waals surface area contributed by atoms with E-state index in [0.717, 1.165) is 23.7 Å². The molecule has 6 atom stereocenters. The van der Waals surface area contributed by atoms with E-state index in [4.69, 9.17) is 13.9 Å². The van der Waals surface area contributed by atoms with Crippen LogP contribution in [0.4, 0.5) is 0 Å². The van der Waals surface area contributed by atoms with Crippen LogP contribution in [0, 0.1) is 35.0 Å². The van der Waals surface area contributed by atoms with Crippen LogP contribution in [-0.4, -0.2) is 32.3 Å². The molecule has 1 unspecified atom stereocenters. The van der Waals surface area contributed by atoms with Crippen LogP contribution in [0.1, 0.15) is 34.1 Å². The first-order valence-electron chi connectivity index (χ1n) is 10.9. The molecular formula is C23H31NO4Si. The minimum atomic E-state index is -2.04. The van der Waals surface area contributed by atoms with Gasteiger partial charge in [0.2, 0.25) is 0 Å². The zero-order valence-electron chi connectivity index (χ0n) is 17.9.